The van der Waals surface area contributed by atoms with Crippen LogP contribution in [0, 0.1) is 11.2 Å². The first kappa shape index (κ1) is 18.3. The number of nitrogens with zero attached hydrogens (tertiary/aromatic N) is 1. The molecule has 0 radical (unpaired) electrons. The summed E-state index contributed by atoms with van der Waals surface area (Å²) in [6.07, 6.45) is 5.37. The van der Waals surface area contributed by atoms with E-state index in [-0.39, 0.29) is 22.9 Å². The Bertz CT molecular complexity index is 1050. The summed E-state index contributed by atoms with van der Waals surface area (Å²) in [6, 6.07) is 6.45. The van der Waals surface area contributed by atoms with Gasteiger partial charge in [0.1, 0.15) is 11.6 Å². The molecule has 5 rings (SSSR count). The molecule has 0 fully saturated rings. The number of anilines is 2. The molecule has 2 aromatic rings. The van der Waals surface area contributed by atoms with Crippen LogP contribution in [0.25, 0.3) is 0 Å². The summed E-state index contributed by atoms with van der Waals surface area (Å²) in [4.78, 5) is 18.2. The number of nitrogens with two attached hydrogens (primary N) is 1. The van der Waals surface area contributed by atoms with Gasteiger partial charge in [-0.15, -0.1) is 0 Å². The van der Waals surface area contributed by atoms with Crippen LogP contribution in [0.15, 0.2) is 35.5 Å². The van der Waals surface area contributed by atoms with Crippen LogP contribution >= 0.6 is 0 Å². The molecule has 2 heterocycles. The second-order valence-electron chi connectivity index (χ2n) is 9.36. The number of hydrogen-bond donors (Lipinski definition) is 2. The molecule has 3 aliphatic rings. The fourth-order valence-corrected chi connectivity index (χ4v) is 5.23. The number of fused-ring (bicyclic) bond motifs is 2. The highest BCUT2D eigenvalue weighted by Crippen LogP contribution is 2.51. The van der Waals surface area contributed by atoms with Gasteiger partial charge in [-0.3, -0.25) is 4.79 Å². The van der Waals surface area contributed by atoms with Crippen molar-refractivity contribution in [2.24, 2.45) is 5.41 Å². The Morgan fingerprint density at radius 2 is 1.86 bits per heavy atom. The highest BCUT2D eigenvalue weighted by molar-refractivity contribution is 6.02. The smallest absolute Gasteiger partial charge is 0.162 e. The van der Waals surface area contributed by atoms with Gasteiger partial charge < -0.3 is 11.1 Å². The number of carbonyl (C=O) groups is 1. The molecule has 0 saturated heterocycles. The maximum absolute atomic E-state index is 13.6. The summed E-state index contributed by atoms with van der Waals surface area (Å²) < 4.78 is 13.6. The fraction of sp³-hybridized carbons (Fsp3) is 0.417. The van der Waals surface area contributed by atoms with Crippen LogP contribution in [0.1, 0.15) is 67.8 Å². The van der Waals surface area contributed by atoms with Gasteiger partial charge in [-0.25, -0.2) is 9.37 Å². The van der Waals surface area contributed by atoms with Gasteiger partial charge in [0.05, 0.1) is 0 Å². The van der Waals surface area contributed by atoms with Crippen LogP contribution in [0.3, 0.4) is 0 Å². The van der Waals surface area contributed by atoms with Crippen molar-refractivity contribution in [3.8, 4) is 0 Å². The highest BCUT2D eigenvalue weighted by atomic mass is 19.1. The second-order valence-corrected chi connectivity index (χ2v) is 9.36. The third-order valence-electron chi connectivity index (χ3n) is 6.53. The molecule has 3 N–H and O–H groups in total. The van der Waals surface area contributed by atoms with Crippen molar-refractivity contribution in [3.63, 3.8) is 0 Å². The minimum absolute atomic E-state index is 0.104. The number of nitrogen functional groups attached to an aromatic ring is 1. The van der Waals surface area contributed by atoms with Gasteiger partial charge in [-0.05, 0) is 60.8 Å². The molecule has 4 nitrogen and oxygen atoms in total. The van der Waals surface area contributed by atoms with E-state index >= 15 is 0 Å². The van der Waals surface area contributed by atoms with E-state index < -0.39 is 0 Å². The Balaban J connectivity index is 1.76. The lowest BCUT2D eigenvalue weighted by atomic mass is 9.68. The van der Waals surface area contributed by atoms with Crippen LogP contribution in [-0.4, -0.2) is 10.8 Å². The molecule has 150 valence electrons. The van der Waals surface area contributed by atoms with Crippen LogP contribution in [0.2, 0.25) is 0 Å². The first-order valence-electron chi connectivity index (χ1n) is 10.4. The third kappa shape index (κ3) is 2.95. The Morgan fingerprint density at radius 1 is 1.14 bits per heavy atom. The molecular weight excluding hydrogens is 365 g/mol. The van der Waals surface area contributed by atoms with Crippen molar-refractivity contribution in [3.05, 3.63) is 63.7 Å². The molecule has 0 spiro atoms. The Morgan fingerprint density at radius 3 is 2.62 bits per heavy atom. The van der Waals surface area contributed by atoms with E-state index in [4.69, 9.17) is 10.7 Å². The molecule has 0 bridgehead atoms. The molecule has 1 aromatic heterocycles. The van der Waals surface area contributed by atoms with Gasteiger partial charge >= 0.3 is 0 Å². The van der Waals surface area contributed by atoms with Crippen molar-refractivity contribution in [1.82, 2.24) is 4.98 Å². The van der Waals surface area contributed by atoms with Crippen LogP contribution in [0.4, 0.5) is 15.9 Å². The largest absolute Gasteiger partial charge is 0.398 e. The zero-order chi connectivity index (χ0) is 20.3. The molecule has 1 atom stereocenters. The molecular formula is C24H26FN3O. The predicted molar refractivity (Wildman–Crippen MR) is 112 cm³/mol. The number of allylic oxidation sites excluding steroid dienone is 2. The normalized spacial score (nSPS) is 22.4. The summed E-state index contributed by atoms with van der Waals surface area (Å²) in [5, 5.41) is 3.48. The van der Waals surface area contributed by atoms with Gasteiger partial charge in [0.15, 0.2) is 5.78 Å². The molecule has 1 aliphatic heterocycles. The number of pyridine rings is 1. The number of ketones is 1. The Hall–Kier alpha value is -2.69. The topological polar surface area (TPSA) is 68.0 Å². The molecule has 0 saturated carbocycles. The van der Waals surface area contributed by atoms with Crippen molar-refractivity contribution < 1.29 is 9.18 Å². The van der Waals surface area contributed by atoms with E-state index in [9.17, 15) is 9.18 Å². The quantitative estimate of drug-likeness (QED) is 0.727. The molecule has 0 unspecified atom stereocenters. The van der Waals surface area contributed by atoms with E-state index in [2.05, 4.69) is 19.2 Å². The standard InChI is InChI=1S/C24H26FN3O/c1-24(2)11-17-20(18(29)12-24)19(13-7-9-14(25)10-8-13)21-22(26)15-5-3-4-6-16(15)27-23(21)28-17/h7-10,19H,3-6,11-12H2,1-2H3,(H3,26,27,28)/t19-/m0/s1. The molecule has 0 amide bonds. The third-order valence-corrected chi connectivity index (χ3v) is 6.53. The maximum Gasteiger partial charge on any atom is 0.162 e. The lowest BCUT2D eigenvalue weighted by molar-refractivity contribution is -0.118. The van der Waals surface area contributed by atoms with E-state index in [0.717, 1.165) is 77.3 Å². The lowest BCUT2D eigenvalue weighted by Crippen LogP contribution is -2.35. The van der Waals surface area contributed by atoms with Crippen LogP contribution in [-0.2, 0) is 17.6 Å². The predicted octanol–water partition coefficient (Wildman–Crippen LogP) is 4.88. The molecule has 29 heavy (non-hydrogen) atoms. The number of aromatic nitrogens is 1. The van der Waals surface area contributed by atoms with Crippen LogP contribution < -0.4 is 11.1 Å². The van der Waals surface area contributed by atoms with Crippen LogP contribution in [0.5, 0.6) is 0 Å². The number of halogens is 1. The zero-order valence-corrected chi connectivity index (χ0v) is 16.9. The van der Waals surface area contributed by atoms with E-state index in [1.807, 2.05) is 0 Å². The van der Waals surface area contributed by atoms with Crippen molar-refractivity contribution in [2.75, 3.05) is 11.1 Å². The SMILES string of the molecule is CC1(C)CC(=O)C2=C(C1)Nc1nc3c(c(N)c1[C@H]2c1ccc(F)cc1)CCCC3. The van der Waals surface area contributed by atoms with Gasteiger partial charge in [0.2, 0.25) is 0 Å². The second kappa shape index (κ2) is 6.41. The number of nitrogens with one attached hydrogen (secondary N) is 1. The van der Waals surface area contributed by atoms with E-state index in [1.165, 1.54) is 12.1 Å². The van der Waals surface area contributed by atoms with Crippen molar-refractivity contribution in [1.29, 1.82) is 0 Å². The summed E-state index contributed by atoms with van der Waals surface area (Å²) in [6.45, 7) is 4.24. The lowest BCUT2D eigenvalue weighted by Gasteiger charge is -2.40. The number of Topliss-reactive ketones (excluding diaryl/α,β-unsaturated/α-hetero) is 1. The summed E-state index contributed by atoms with van der Waals surface area (Å²) in [5.74, 6) is 0.317. The number of carbonyl (C=O) groups excluding carboxylic acids is 1. The monoisotopic (exact) mass is 391 g/mol. The number of aryl methyl sites for hydroxylation is 1. The average molecular weight is 391 g/mol. The maximum atomic E-state index is 13.6. The van der Waals surface area contributed by atoms with Gasteiger partial charge in [0.25, 0.3) is 0 Å². The Labute approximate surface area is 170 Å². The number of hydrogen-bond acceptors (Lipinski definition) is 4. The number of benzene rings is 1. The fourth-order valence-electron chi connectivity index (χ4n) is 5.23. The molecule has 2 aliphatic carbocycles. The Kier molecular flexibility index (Phi) is 4.05. The molecule has 5 heteroatoms. The first-order valence-corrected chi connectivity index (χ1v) is 10.4. The van der Waals surface area contributed by atoms with E-state index in [1.54, 1.807) is 12.1 Å². The molecule has 1 aromatic carbocycles. The van der Waals surface area contributed by atoms with Gasteiger partial charge in [-0.1, -0.05) is 26.0 Å². The summed E-state index contributed by atoms with van der Waals surface area (Å²) in [7, 11) is 0. The van der Waals surface area contributed by atoms with E-state index in [0.29, 0.717) is 6.42 Å². The highest BCUT2D eigenvalue weighted by Gasteiger charge is 2.42. The van der Waals surface area contributed by atoms with Crippen molar-refractivity contribution >= 4 is 17.3 Å². The van der Waals surface area contributed by atoms with Gasteiger partial charge in [0, 0.05) is 40.6 Å². The first-order chi connectivity index (χ1) is 13.8. The number of rotatable bonds is 1. The van der Waals surface area contributed by atoms with Gasteiger partial charge in [-0.2, -0.15) is 0 Å². The average Bonchev–Trinajstić information content (AvgIpc) is 2.66. The van der Waals surface area contributed by atoms with Crippen molar-refractivity contribution in [2.45, 2.75) is 58.3 Å². The zero-order valence-electron chi connectivity index (χ0n) is 16.9. The summed E-state index contributed by atoms with van der Waals surface area (Å²) in [5.41, 5.74) is 13.0. The minimum atomic E-state index is -0.301. The minimum Gasteiger partial charge on any atom is -0.398 e. The summed E-state index contributed by atoms with van der Waals surface area (Å²) >= 11 is 0.